The highest BCUT2D eigenvalue weighted by Crippen LogP contribution is 2.30. The third kappa shape index (κ3) is 5.28. The molecule has 27 heavy (non-hydrogen) atoms. The number of hydrogen-bond acceptors (Lipinski definition) is 5. The fourth-order valence-electron chi connectivity index (χ4n) is 2.19. The Labute approximate surface area is 168 Å². The summed E-state index contributed by atoms with van der Waals surface area (Å²) in [5, 5.41) is 0.326. The molecule has 0 fully saturated rings. The van der Waals surface area contributed by atoms with Gasteiger partial charge in [0.1, 0.15) is 12.3 Å². The van der Waals surface area contributed by atoms with Crippen LogP contribution in [0.4, 0.5) is 5.69 Å². The van der Waals surface area contributed by atoms with Gasteiger partial charge < -0.3 is 9.47 Å². The molecule has 6 nitrogen and oxygen atoms in total. The molecule has 0 bridgehead atoms. The molecule has 0 spiro atoms. The van der Waals surface area contributed by atoms with E-state index >= 15 is 0 Å². The van der Waals surface area contributed by atoms with Gasteiger partial charge in [0.25, 0.3) is 10.0 Å². The first-order valence-corrected chi connectivity index (χ1v) is 10.3. The van der Waals surface area contributed by atoms with Gasteiger partial charge in [0.05, 0.1) is 34.3 Å². The number of esters is 1. The van der Waals surface area contributed by atoms with Gasteiger partial charge in [-0.05, 0) is 48.9 Å². The largest absolute Gasteiger partial charge is 0.494 e. The van der Waals surface area contributed by atoms with Crippen molar-refractivity contribution < 1.29 is 22.7 Å². The Hall–Kier alpha value is -1.96. The second kappa shape index (κ2) is 9.30. The zero-order valence-electron chi connectivity index (χ0n) is 14.8. The molecule has 0 radical (unpaired) electrons. The molecule has 0 heterocycles. The lowest BCUT2D eigenvalue weighted by Gasteiger charge is -2.23. The van der Waals surface area contributed by atoms with Gasteiger partial charge in [-0.1, -0.05) is 30.1 Å². The molecule has 9 heteroatoms. The number of carbonyl (C=O) groups excluding carboxylic acids is 1. The van der Waals surface area contributed by atoms with E-state index in [0.717, 1.165) is 10.7 Å². The summed E-state index contributed by atoms with van der Waals surface area (Å²) in [6.45, 7) is 2.04. The number of benzene rings is 2. The molecule has 0 amide bonds. The third-order valence-electron chi connectivity index (χ3n) is 3.58. The van der Waals surface area contributed by atoms with E-state index in [9.17, 15) is 13.2 Å². The molecule has 2 aromatic carbocycles. The first kappa shape index (κ1) is 21.3. The van der Waals surface area contributed by atoms with E-state index in [4.69, 9.17) is 27.9 Å². The Morgan fingerprint density at radius 1 is 1.07 bits per heavy atom. The Balaban J connectivity index is 2.43. The number of carbonyl (C=O) groups is 1. The summed E-state index contributed by atoms with van der Waals surface area (Å²) in [5.74, 6) is -0.101. The van der Waals surface area contributed by atoms with Crippen LogP contribution in [0.25, 0.3) is 0 Å². The average molecular weight is 432 g/mol. The van der Waals surface area contributed by atoms with Gasteiger partial charge in [-0.15, -0.1) is 0 Å². The Morgan fingerprint density at radius 2 is 1.74 bits per heavy atom. The minimum atomic E-state index is -4.08. The average Bonchev–Trinajstić information content (AvgIpc) is 2.66. The van der Waals surface area contributed by atoms with Crippen LogP contribution in [-0.2, 0) is 19.6 Å². The lowest BCUT2D eigenvalue weighted by Crippen LogP contribution is -2.36. The third-order valence-corrected chi connectivity index (χ3v) is 6.09. The first-order valence-electron chi connectivity index (χ1n) is 8.07. The summed E-state index contributed by atoms with van der Waals surface area (Å²) in [4.78, 5) is 11.7. The standard InChI is InChI=1S/C18H19Cl2NO5S/c1-3-10-26-14-6-4-13(5-7-14)21(12-18(22)25-2)27(23,24)15-8-9-16(19)17(20)11-15/h4-9,11H,3,10,12H2,1-2H3. The van der Waals surface area contributed by atoms with Gasteiger partial charge in [-0.2, -0.15) is 0 Å². The van der Waals surface area contributed by atoms with E-state index < -0.39 is 22.5 Å². The van der Waals surface area contributed by atoms with Crippen LogP contribution >= 0.6 is 23.2 Å². The van der Waals surface area contributed by atoms with Crippen molar-refractivity contribution in [3.05, 3.63) is 52.5 Å². The van der Waals surface area contributed by atoms with Crippen molar-refractivity contribution in [2.75, 3.05) is 24.6 Å². The lowest BCUT2D eigenvalue weighted by molar-refractivity contribution is -0.138. The van der Waals surface area contributed by atoms with E-state index in [1.807, 2.05) is 6.92 Å². The van der Waals surface area contributed by atoms with Crippen molar-refractivity contribution >= 4 is 44.9 Å². The highest BCUT2D eigenvalue weighted by atomic mass is 35.5. The van der Waals surface area contributed by atoms with Crippen molar-refractivity contribution in [3.63, 3.8) is 0 Å². The van der Waals surface area contributed by atoms with Crippen molar-refractivity contribution in [3.8, 4) is 5.75 Å². The maximum Gasteiger partial charge on any atom is 0.326 e. The van der Waals surface area contributed by atoms with Gasteiger partial charge in [0.2, 0.25) is 0 Å². The molecular formula is C18H19Cl2NO5S. The number of methoxy groups -OCH3 is 1. The van der Waals surface area contributed by atoms with Crippen molar-refractivity contribution in [1.82, 2.24) is 0 Å². The number of sulfonamides is 1. The topological polar surface area (TPSA) is 72.9 Å². The second-order valence-electron chi connectivity index (χ2n) is 5.51. The maximum atomic E-state index is 13.1. The SMILES string of the molecule is CCCOc1ccc(N(CC(=O)OC)S(=O)(=O)c2ccc(Cl)c(Cl)c2)cc1. The molecule has 0 aromatic heterocycles. The summed E-state index contributed by atoms with van der Waals surface area (Å²) >= 11 is 11.8. The monoisotopic (exact) mass is 431 g/mol. The van der Waals surface area contributed by atoms with Crippen LogP contribution in [0, 0.1) is 0 Å². The molecule has 0 N–H and O–H groups in total. The smallest absolute Gasteiger partial charge is 0.326 e. The summed E-state index contributed by atoms with van der Waals surface area (Å²) in [6.07, 6.45) is 0.849. The maximum absolute atomic E-state index is 13.1. The van der Waals surface area contributed by atoms with Crippen LogP contribution in [0.1, 0.15) is 13.3 Å². The fourth-order valence-corrected chi connectivity index (χ4v) is 3.99. The highest BCUT2D eigenvalue weighted by molar-refractivity contribution is 7.92. The van der Waals surface area contributed by atoms with E-state index in [-0.39, 0.29) is 20.6 Å². The number of ether oxygens (including phenoxy) is 2. The molecule has 0 saturated carbocycles. The quantitative estimate of drug-likeness (QED) is 0.586. The number of hydrogen-bond donors (Lipinski definition) is 0. The van der Waals surface area contributed by atoms with E-state index in [0.29, 0.717) is 12.4 Å². The van der Waals surface area contributed by atoms with E-state index in [1.54, 1.807) is 24.3 Å². The van der Waals surface area contributed by atoms with Crippen LogP contribution in [0.15, 0.2) is 47.4 Å². The van der Waals surface area contributed by atoms with Crippen LogP contribution in [0.2, 0.25) is 10.0 Å². The molecule has 0 aliphatic heterocycles. The van der Waals surface area contributed by atoms with Crippen molar-refractivity contribution in [1.29, 1.82) is 0 Å². The number of halogens is 2. The van der Waals surface area contributed by atoms with Gasteiger partial charge >= 0.3 is 5.97 Å². The summed E-state index contributed by atoms with van der Waals surface area (Å²) in [5.41, 5.74) is 0.287. The van der Waals surface area contributed by atoms with Crippen LogP contribution < -0.4 is 9.04 Å². The molecule has 0 saturated heterocycles. The number of nitrogens with zero attached hydrogens (tertiary/aromatic N) is 1. The molecule has 0 atom stereocenters. The Kier molecular flexibility index (Phi) is 7.35. The van der Waals surface area contributed by atoms with Crippen LogP contribution in [0.5, 0.6) is 5.75 Å². The fraction of sp³-hybridized carbons (Fsp3) is 0.278. The summed E-state index contributed by atoms with van der Waals surface area (Å²) < 4.78 is 37.3. The van der Waals surface area contributed by atoms with Gasteiger partial charge in [-0.3, -0.25) is 9.10 Å². The summed E-state index contributed by atoms with van der Waals surface area (Å²) in [7, 11) is -2.89. The van der Waals surface area contributed by atoms with Gasteiger partial charge in [0, 0.05) is 0 Å². The van der Waals surface area contributed by atoms with Crippen molar-refractivity contribution in [2.24, 2.45) is 0 Å². The lowest BCUT2D eigenvalue weighted by atomic mass is 10.3. The predicted octanol–water partition coefficient (Wildman–Crippen LogP) is 4.15. The first-order chi connectivity index (χ1) is 12.8. The minimum Gasteiger partial charge on any atom is -0.494 e. The predicted molar refractivity (Wildman–Crippen MR) is 105 cm³/mol. The zero-order chi connectivity index (χ0) is 20.0. The molecule has 2 aromatic rings. The molecule has 146 valence electrons. The molecule has 0 aliphatic rings. The Bertz CT molecular complexity index is 900. The summed E-state index contributed by atoms with van der Waals surface area (Å²) in [6, 6.07) is 10.3. The van der Waals surface area contributed by atoms with E-state index in [2.05, 4.69) is 4.74 Å². The highest BCUT2D eigenvalue weighted by Gasteiger charge is 2.28. The van der Waals surface area contributed by atoms with Gasteiger partial charge in [-0.25, -0.2) is 8.42 Å². The minimum absolute atomic E-state index is 0.0906. The van der Waals surface area contributed by atoms with Gasteiger partial charge in [0.15, 0.2) is 0 Å². The van der Waals surface area contributed by atoms with Crippen molar-refractivity contribution in [2.45, 2.75) is 18.2 Å². The molecule has 2 rings (SSSR count). The second-order valence-corrected chi connectivity index (χ2v) is 8.18. The number of anilines is 1. The zero-order valence-corrected chi connectivity index (χ0v) is 17.1. The normalized spacial score (nSPS) is 11.1. The molecule has 0 aliphatic carbocycles. The Morgan fingerprint density at radius 3 is 2.30 bits per heavy atom. The molecular weight excluding hydrogens is 413 g/mol. The van der Waals surface area contributed by atoms with Crippen LogP contribution in [0.3, 0.4) is 0 Å². The number of rotatable bonds is 8. The molecule has 0 unspecified atom stereocenters. The van der Waals surface area contributed by atoms with Crippen LogP contribution in [-0.4, -0.2) is 34.6 Å². The van der Waals surface area contributed by atoms with E-state index in [1.165, 1.54) is 25.3 Å².